The van der Waals surface area contributed by atoms with Crippen molar-refractivity contribution in [1.29, 1.82) is 0 Å². The summed E-state index contributed by atoms with van der Waals surface area (Å²) >= 11 is 0. The first kappa shape index (κ1) is 21.4. The van der Waals surface area contributed by atoms with E-state index >= 15 is 0 Å². The predicted octanol–water partition coefficient (Wildman–Crippen LogP) is 2.98. The quantitative estimate of drug-likeness (QED) is 0.730. The second-order valence-electron chi connectivity index (χ2n) is 7.05. The number of aliphatic hydroxyl groups excluding tert-OH is 1. The van der Waals surface area contributed by atoms with Crippen LogP contribution in [0.2, 0.25) is 0 Å². The fraction of sp³-hybridized carbons (Fsp3) is 0.450. The lowest BCUT2D eigenvalue weighted by atomic mass is 9.99. The van der Waals surface area contributed by atoms with E-state index in [0.29, 0.717) is 27.9 Å². The summed E-state index contributed by atoms with van der Waals surface area (Å²) in [6.45, 7) is 6.82. The summed E-state index contributed by atoms with van der Waals surface area (Å²) in [6, 6.07) is 5.75. The van der Waals surface area contributed by atoms with Crippen molar-refractivity contribution in [1.82, 2.24) is 10.3 Å². The number of hydrogen-bond acceptors (Lipinski definition) is 7. The number of carbonyl (C=O) groups is 2. The number of esters is 1. The number of pyridine rings is 1. The van der Waals surface area contributed by atoms with Crippen LogP contribution in [-0.2, 0) is 9.47 Å². The molecule has 152 valence electrons. The number of nitrogens with one attached hydrogen (secondary N) is 1. The Morgan fingerprint density at radius 2 is 1.93 bits per heavy atom. The summed E-state index contributed by atoms with van der Waals surface area (Å²) in [5, 5.41) is 13.0. The van der Waals surface area contributed by atoms with Gasteiger partial charge in [-0.3, -0.25) is 0 Å². The molecule has 1 aromatic heterocycles. The summed E-state index contributed by atoms with van der Waals surface area (Å²) in [5.41, 5.74) is 0.599. The molecule has 0 saturated heterocycles. The highest BCUT2D eigenvalue weighted by atomic mass is 16.6. The maximum absolute atomic E-state index is 12.3. The van der Waals surface area contributed by atoms with E-state index in [-0.39, 0.29) is 13.2 Å². The number of hydrogen-bond donors (Lipinski definition) is 2. The molecule has 1 atom stereocenters. The van der Waals surface area contributed by atoms with Crippen molar-refractivity contribution in [2.24, 2.45) is 0 Å². The van der Waals surface area contributed by atoms with Gasteiger partial charge in [0.15, 0.2) is 0 Å². The normalized spacial score (nSPS) is 12.4. The van der Waals surface area contributed by atoms with Gasteiger partial charge in [0.25, 0.3) is 0 Å². The molecule has 0 saturated carbocycles. The summed E-state index contributed by atoms with van der Waals surface area (Å²) in [6.07, 6.45) is -0.669. The number of amides is 1. The Hall–Kier alpha value is -2.87. The minimum absolute atomic E-state index is 0.241. The van der Waals surface area contributed by atoms with Crippen LogP contribution in [0.3, 0.4) is 0 Å². The highest BCUT2D eigenvalue weighted by Gasteiger charge is 2.24. The highest BCUT2D eigenvalue weighted by molar-refractivity contribution is 6.04. The minimum Gasteiger partial charge on any atom is -0.481 e. The van der Waals surface area contributed by atoms with Gasteiger partial charge in [-0.25, -0.2) is 14.6 Å². The molecular weight excluding hydrogens is 364 g/mol. The molecule has 28 heavy (non-hydrogen) atoms. The molecule has 0 aliphatic heterocycles. The van der Waals surface area contributed by atoms with Crippen LogP contribution >= 0.6 is 0 Å². The molecule has 2 N–H and O–H groups in total. The molecule has 0 bridgehead atoms. The molecule has 8 heteroatoms. The Morgan fingerprint density at radius 3 is 2.50 bits per heavy atom. The van der Waals surface area contributed by atoms with Gasteiger partial charge in [0, 0.05) is 17.0 Å². The molecule has 2 rings (SSSR count). The fourth-order valence-corrected chi connectivity index (χ4v) is 2.67. The second kappa shape index (κ2) is 8.88. The number of nitrogens with zero attached hydrogens (tertiary/aromatic N) is 1. The topological polar surface area (TPSA) is 107 Å². The van der Waals surface area contributed by atoms with Gasteiger partial charge >= 0.3 is 12.1 Å². The third-order valence-electron chi connectivity index (χ3n) is 3.82. The van der Waals surface area contributed by atoms with Crippen LogP contribution in [0.15, 0.2) is 24.3 Å². The number of ether oxygens (including phenoxy) is 3. The number of aromatic nitrogens is 1. The van der Waals surface area contributed by atoms with Gasteiger partial charge in [-0.2, -0.15) is 0 Å². The molecule has 0 unspecified atom stereocenters. The number of methoxy groups -OCH3 is 1. The first-order valence-electron chi connectivity index (χ1n) is 8.95. The van der Waals surface area contributed by atoms with Crippen LogP contribution < -0.4 is 10.1 Å². The van der Waals surface area contributed by atoms with Crippen LogP contribution in [0.4, 0.5) is 4.79 Å². The largest absolute Gasteiger partial charge is 0.481 e. The average molecular weight is 390 g/mol. The van der Waals surface area contributed by atoms with Gasteiger partial charge in [-0.15, -0.1) is 0 Å². The minimum atomic E-state index is -0.784. The standard InChI is InChI=1S/C20H26N2O6/c1-6-27-18(24)13-7-8-14(17-12(13)9-10-16(22-17)26-5)15(11-23)21-19(25)28-20(2,3)4/h7-10,15,23H,6,11H2,1-5H3,(H,21,25)/t15-/m0/s1. The maximum atomic E-state index is 12.3. The van der Waals surface area contributed by atoms with Crippen molar-refractivity contribution in [2.75, 3.05) is 20.3 Å². The van der Waals surface area contributed by atoms with Crippen molar-refractivity contribution >= 4 is 23.0 Å². The Morgan fingerprint density at radius 1 is 1.21 bits per heavy atom. The molecule has 2 aromatic rings. The van der Waals surface area contributed by atoms with Gasteiger partial charge in [-0.1, -0.05) is 6.07 Å². The van der Waals surface area contributed by atoms with E-state index in [2.05, 4.69) is 10.3 Å². The number of carbonyl (C=O) groups excluding carboxylic acids is 2. The zero-order valence-electron chi connectivity index (χ0n) is 16.7. The van der Waals surface area contributed by atoms with Gasteiger partial charge < -0.3 is 24.6 Å². The third kappa shape index (κ3) is 5.10. The summed E-state index contributed by atoms with van der Waals surface area (Å²) in [7, 11) is 1.48. The van der Waals surface area contributed by atoms with E-state index in [9.17, 15) is 14.7 Å². The van der Waals surface area contributed by atoms with E-state index in [1.807, 2.05) is 0 Å². The SMILES string of the molecule is CCOC(=O)c1ccc([C@H](CO)NC(=O)OC(C)(C)C)c2nc(OC)ccc12. The molecule has 0 aliphatic rings. The van der Waals surface area contributed by atoms with Gasteiger partial charge in [0.2, 0.25) is 5.88 Å². The first-order valence-corrected chi connectivity index (χ1v) is 8.95. The number of benzene rings is 1. The van der Waals surface area contributed by atoms with E-state index < -0.39 is 23.7 Å². The molecule has 0 radical (unpaired) electrons. The molecule has 0 fully saturated rings. The van der Waals surface area contributed by atoms with Crippen molar-refractivity contribution < 1.29 is 28.9 Å². The highest BCUT2D eigenvalue weighted by Crippen LogP contribution is 2.28. The third-order valence-corrected chi connectivity index (χ3v) is 3.82. The zero-order valence-corrected chi connectivity index (χ0v) is 16.7. The van der Waals surface area contributed by atoms with Crippen molar-refractivity contribution in [2.45, 2.75) is 39.3 Å². The average Bonchev–Trinajstić information content (AvgIpc) is 2.63. The lowest BCUT2D eigenvalue weighted by Crippen LogP contribution is -2.36. The van der Waals surface area contributed by atoms with Gasteiger partial charge in [0.05, 0.1) is 37.4 Å². The van der Waals surface area contributed by atoms with Crippen LogP contribution in [0, 0.1) is 0 Å². The number of aliphatic hydroxyl groups is 1. The van der Waals surface area contributed by atoms with E-state index in [1.54, 1.807) is 52.0 Å². The molecular formula is C20H26N2O6. The molecule has 0 spiro atoms. The number of fused-ring (bicyclic) bond motifs is 1. The van der Waals surface area contributed by atoms with E-state index in [4.69, 9.17) is 14.2 Å². The Kier molecular flexibility index (Phi) is 6.80. The summed E-state index contributed by atoms with van der Waals surface area (Å²) in [4.78, 5) is 28.8. The summed E-state index contributed by atoms with van der Waals surface area (Å²) in [5.74, 6) is -0.143. The van der Waals surface area contributed by atoms with Crippen LogP contribution in [0.5, 0.6) is 5.88 Å². The lowest BCUT2D eigenvalue weighted by molar-refractivity contribution is 0.0479. The monoisotopic (exact) mass is 390 g/mol. The Balaban J connectivity index is 2.51. The second-order valence-corrected chi connectivity index (χ2v) is 7.05. The maximum Gasteiger partial charge on any atom is 0.408 e. The summed E-state index contributed by atoms with van der Waals surface area (Å²) < 4.78 is 15.5. The zero-order chi connectivity index (χ0) is 20.9. The van der Waals surface area contributed by atoms with Crippen molar-refractivity contribution in [3.63, 3.8) is 0 Å². The van der Waals surface area contributed by atoms with Crippen LogP contribution in [0.25, 0.3) is 10.9 Å². The van der Waals surface area contributed by atoms with E-state index in [1.165, 1.54) is 7.11 Å². The van der Waals surface area contributed by atoms with Crippen LogP contribution in [-0.4, -0.2) is 48.1 Å². The molecule has 1 aromatic carbocycles. The number of alkyl carbamates (subject to hydrolysis) is 1. The molecule has 1 heterocycles. The molecule has 1 amide bonds. The van der Waals surface area contributed by atoms with Gasteiger partial charge in [0.1, 0.15) is 5.60 Å². The van der Waals surface area contributed by atoms with Gasteiger partial charge in [-0.05, 0) is 39.8 Å². The fourth-order valence-electron chi connectivity index (χ4n) is 2.67. The first-order chi connectivity index (χ1) is 13.2. The Bertz CT molecular complexity index is 860. The van der Waals surface area contributed by atoms with E-state index in [0.717, 1.165) is 0 Å². The number of rotatable bonds is 6. The Labute approximate surface area is 163 Å². The van der Waals surface area contributed by atoms with Crippen molar-refractivity contribution in [3.05, 3.63) is 35.4 Å². The lowest BCUT2D eigenvalue weighted by Gasteiger charge is -2.23. The van der Waals surface area contributed by atoms with Crippen molar-refractivity contribution in [3.8, 4) is 5.88 Å². The molecule has 8 nitrogen and oxygen atoms in total. The smallest absolute Gasteiger partial charge is 0.408 e. The van der Waals surface area contributed by atoms with Crippen LogP contribution in [0.1, 0.15) is 49.7 Å². The predicted molar refractivity (Wildman–Crippen MR) is 103 cm³/mol. The molecule has 0 aliphatic carbocycles.